The number of aromatic nitrogens is 1. The van der Waals surface area contributed by atoms with Crippen molar-refractivity contribution in [3.63, 3.8) is 0 Å². The van der Waals surface area contributed by atoms with Gasteiger partial charge in [-0.3, -0.25) is 9.78 Å². The number of benzene rings is 2. The van der Waals surface area contributed by atoms with Crippen LogP contribution in [-0.2, 0) is 9.84 Å². The molecular weight excluding hydrogens is 429 g/mol. The molecule has 1 atom stereocenters. The van der Waals surface area contributed by atoms with E-state index in [0.717, 1.165) is 48.7 Å². The lowest BCUT2D eigenvalue weighted by molar-refractivity contribution is 0.0950. The molecule has 0 radical (unpaired) electrons. The molecular formula is C22H19F3N2O3S. The maximum absolute atomic E-state index is 14.7. The third kappa shape index (κ3) is 4.61. The Bertz CT molecular complexity index is 1230. The Hall–Kier alpha value is -3.20. The Balaban J connectivity index is 2.23. The summed E-state index contributed by atoms with van der Waals surface area (Å²) < 4.78 is 68.9. The van der Waals surface area contributed by atoms with Crippen LogP contribution in [-0.4, -0.2) is 25.9 Å². The van der Waals surface area contributed by atoms with Crippen LogP contribution in [0.1, 0.15) is 39.4 Å². The van der Waals surface area contributed by atoms with Gasteiger partial charge in [0.2, 0.25) is 0 Å². The van der Waals surface area contributed by atoms with Crippen molar-refractivity contribution in [3.8, 4) is 0 Å². The van der Waals surface area contributed by atoms with Crippen LogP contribution < -0.4 is 5.32 Å². The van der Waals surface area contributed by atoms with E-state index in [0.29, 0.717) is 12.1 Å². The summed E-state index contributed by atoms with van der Waals surface area (Å²) in [7, 11) is -4.34. The van der Waals surface area contributed by atoms with Gasteiger partial charge in [0.25, 0.3) is 5.91 Å². The quantitative estimate of drug-likeness (QED) is 0.576. The molecule has 0 spiro atoms. The van der Waals surface area contributed by atoms with Gasteiger partial charge in [-0.2, -0.15) is 0 Å². The van der Waals surface area contributed by atoms with Crippen LogP contribution in [0, 0.1) is 24.4 Å². The van der Waals surface area contributed by atoms with Crippen molar-refractivity contribution in [2.24, 2.45) is 0 Å². The number of sulfone groups is 1. The zero-order chi connectivity index (χ0) is 22.8. The van der Waals surface area contributed by atoms with Crippen LogP contribution >= 0.6 is 0 Å². The predicted molar refractivity (Wildman–Crippen MR) is 109 cm³/mol. The first-order valence-electron chi connectivity index (χ1n) is 9.34. The van der Waals surface area contributed by atoms with Crippen molar-refractivity contribution in [2.45, 2.75) is 24.0 Å². The molecule has 0 fully saturated rings. The fourth-order valence-corrected chi connectivity index (χ4v) is 5.08. The Kier molecular flexibility index (Phi) is 6.45. The molecule has 3 rings (SSSR count). The number of nitrogens with zero attached hydrogens (tertiary/aromatic N) is 1. The normalized spacial score (nSPS) is 12.4. The van der Waals surface area contributed by atoms with Crippen molar-refractivity contribution in [2.75, 3.05) is 6.54 Å². The average Bonchev–Trinajstić information content (AvgIpc) is 2.72. The number of hydrogen-bond acceptors (Lipinski definition) is 4. The van der Waals surface area contributed by atoms with Crippen molar-refractivity contribution in [1.29, 1.82) is 0 Å². The molecule has 1 heterocycles. The number of nitrogens with one attached hydrogen (secondary N) is 1. The summed E-state index contributed by atoms with van der Waals surface area (Å²) >= 11 is 0. The Morgan fingerprint density at radius 2 is 1.65 bits per heavy atom. The topological polar surface area (TPSA) is 76.1 Å². The Morgan fingerprint density at radius 1 is 1.00 bits per heavy atom. The second-order valence-electron chi connectivity index (χ2n) is 6.83. The van der Waals surface area contributed by atoms with Crippen LogP contribution in [0.2, 0.25) is 0 Å². The van der Waals surface area contributed by atoms with Gasteiger partial charge in [-0.15, -0.1) is 0 Å². The van der Waals surface area contributed by atoms with E-state index < -0.39 is 44.0 Å². The molecule has 1 N–H and O–H groups in total. The highest BCUT2D eigenvalue weighted by Crippen LogP contribution is 2.38. The molecule has 1 aromatic heterocycles. The third-order valence-electron chi connectivity index (χ3n) is 4.70. The molecule has 31 heavy (non-hydrogen) atoms. The zero-order valence-corrected chi connectivity index (χ0v) is 17.5. The van der Waals surface area contributed by atoms with E-state index in [9.17, 15) is 26.4 Å². The minimum Gasteiger partial charge on any atom is -0.351 e. The molecule has 0 saturated heterocycles. The minimum absolute atomic E-state index is 0.0562. The van der Waals surface area contributed by atoms with E-state index in [2.05, 4.69) is 10.3 Å². The van der Waals surface area contributed by atoms with Gasteiger partial charge in [0, 0.05) is 18.3 Å². The number of hydrogen-bond donors (Lipinski definition) is 1. The maximum Gasteiger partial charge on any atom is 0.269 e. The molecule has 0 aliphatic heterocycles. The smallest absolute Gasteiger partial charge is 0.269 e. The van der Waals surface area contributed by atoms with Gasteiger partial charge in [0.15, 0.2) is 9.84 Å². The standard InChI is InChI=1S/C22H19F3N2O3S/c1-3-26-22(28)20-10-13(2)18(12-27-20)21(17-11-15(24)6-9-19(17)25)31(29,30)16-7-4-14(23)5-8-16/h4-12,21H,3H2,1-2H3,(H,26,28). The van der Waals surface area contributed by atoms with Gasteiger partial charge in [-0.05, 0) is 73.5 Å². The first kappa shape index (κ1) is 22.5. The van der Waals surface area contributed by atoms with E-state index in [-0.39, 0.29) is 16.2 Å². The maximum atomic E-state index is 14.7. The summed E-state index contributed by atoms with van der Waals surface area (Å²) in [6.45, 7) is 3.65. The molecule has 1 unspecified atom stereocenters. The second-order valence-corrected chi connectivity index (χ2v) is 8.86. The first-order chi connectivity index (χ1) is 14.6. The van der Waals surface area contributed by atoms with Crippen LogP contribution in [0.3, 0.4) is 0 Å². The number of carbonyl (C=O) groups excluding carboxylic acids is 1. The molecule has 5 nitrogen and oxygen atoms in total. The van der Waals surface area contributed by atoms with E-state index >= 15 is 0 Å². The largest absolute Gasteiger partial charge is 0.351 e. The lowest BCUT2D eigenvalue weighted by Crippen LogP contribution is -2.24. The summed E-state index contributed by atoms with van der Waals surface area (Å²) in [5, 5.41) is 0.920. The van der Waals surface area contributed by atoms with E-state index in [1.807, 2.05) is 0 Å². The molecule has 1 amide bonds. The number of rotatable bonds is 6. The van der Waals surface area contributed by atoms with Gasteiger partial charge >= 0.3 is 0 Å². The number of amides is 1. The van der Waals surface area contributed by atoms with Crippen LogP contribution in [0.25, 0.3) is 0 Å². The third-order valence-corrected chi connectivity index (χ3v) is 6.75. The Labute approximate surface area is 177 Å². The van der Waals surface area contributed by atoms with Crippen molar-refractivity contribution >= 4 is 15.7 Å². The van der Waals surface area contributed by atoms with Crippen molar-refractivity contribution in [3.05, 3.63) is 94.6 Å². The summed E-state index contributed by atoms with van der Waals surface area (Å²) in [4.78, 5) is 15.8. The van der Waals surface area contributed by atoms with Crippen molar-refractivity contribution < 1.29 is 26.4 Å². The molecule has 0 saturated carbocycles. The van der Waals surface area contributed by atoms with Crippen LogP contribution in [0.5, 0.6) is 0 Å². The molecule has 0 aliphatic rings. The van der Waals surface area contributed by atoms with Gasteiger partial charge < -0.3 is 5.32 Å². The lowest BCUT2D eigenvalue weighted by atomic mass is 10.0. The fraction of sp³-hybridized carbons (Fsp3) is 0.182. The highest BCUT2D eigenvalue weighted by atomic mass is 32.2. The highest BCUT2D eigenvalue weighted by molar-refractivity contribution is 7.92. The lowest BCUT2D eigenvalue weighted by Gasteiger charge is -2.21. The fourth-order valence-electron chi connectivity index (χ4n) is 3.19. The summed E-state index contributed by atoms with van der Waals surface area (Å²) in [5.74, 6) is -2.84. The first-order valence-corrected chi connectivity index (χ1v) is 10.9. The van der Waals surface area contributed by atoms with Crippen LogP contribution in [0.4, 0.5) is 13.2 Å². The summed E-state index contributed by atoms with van der Waals surface area (Å²) in [6.07, 6.45) is 1.16. The average molecular weight is 448 g/mol. The molecule has 162 valence electrons. The SMILES string of the molecule is CCNC(=O)c1cc(C)c(C(c2cc(F)ccc2F)S(=O)(=O)c2ccc(F)cc2)cn1. The molecule has 0 aliphatic carbocycles. The molecule has 0 bridgehead atoms. The summed E-state index contributed by atoms with van der Waals surface area (Å²) in [5.41, 5.74) is 0.0539. The van der Waals surface area contributed by atoms with E-state index in [1.54, 1.807) is 13.8 Å². The van der Waals surface area contributed by atoms with Gasteiger partial charge in [0.1, 0.15) is 28.4 Å². The zero-order valence-electron chi connectivity index (χ0n) is 16.7. The molecule has 2 aromatic carbocycles. The van der Waals surface area contributed by atoms with E-state index in [4.69, 9.17) is 0 Å². The minimum atomic E-state index is -4.34. The van der Waals surface area contributed by atoms with Gasteiger partial charge in [-0.25, -0.2) is 21.6 Å². The number of carbonyl (C=O) groups is 1. The monoisotopic (exact) mass is 448 g/mol. The Morgan fingerprint density at radius 3 is 2.26 bits per heavy atom. The van der Waals surface area contributed by atoms with Gasteiger partial charge in [-0.1, -0.05) is 0 Å². The molecule has 9 heteroatoms. The van der Waals surface area contributed by atoms with E-state index in [1.165, 1.54) is 6.07 Å². The number of aryl methyl sites for hydroxylation is 1. The van der Waals surface area contributed by atoms with Crippen molar-refractivity contribution in [1.82, 2.24) is 10.3 Å². The van der Waals surface area contributed by atoms with Crippen LogP contribution in [0.15, 0.2) is 59.6 Å². The van der Waals surface area contributed by atoms with Gasteiger partial charge in [0.05, 0.1) is 4.90 Å². The summed E-state index contributed by atoms with van der Waals surface area (Å²) in [6, 6.07) is 7.95. The predicted octanol–water partition coefficient (Wildman–Crippen LogP) is 4.12. The number of pyridine rings is 1. The number of halogens is 3. The second kappa shape index (κ2) is 8.89. The highest BCUT2D eigenvalue weighted by Gasteiger charge is 2.35. The molecule has 3 aromatic rings.